The first-order chi connectivity index (χ1) is 32.4. The molecular weight excluding hydrogens is 927 g/mol. The number of ketones is 4. The van der Waals surface area contributed by atoms with E-state index >= 15 is 0 Å². The van der Waals surface area contributed by atoms with Gasteiger partial charge in [-0.25, -0.2) is 9.59 Å². The van der Waals surface area contributed by atoms with Gasteiger partial charge in [0.1, 0.15) is 56.2 Å². The molecule has 0 radical (unpaired) electrons. The minimum absolute atomic E-state index is 0.0613. The molecule has 9 rings (SSSR count). The van der Waals surface area contributed by atoms with Crippen molar-refractivity contribution in [1.82, 2.24) is 10.6 Å². The molecule has 0 aromatic heterocycles. The van der Waals surface area contributed by atoms with E-state index in [0.717, 1.165) is 23.5 Å². The van der Waals surface area contributed by atoms with Crippen molar-refractivity contribution in [3.05, 3.63) is 128 Å². The van der Waals surface area contributed by atoms with Crippen LogP contribution in [0.1, 0.15) is 69.4 Å². The summed E-state index contributed by atoms with van der Waals surface area (Å²) in [5.74, 6) is -2.18. The van der Waals surface area contributed by atoms with Gasteiger partial charge in [0, 0.05) is 53.3 Å². The molecule has 0 unspecified atom stereocenters. The second-order valence-corrected chi connectivity index (χ2v) is 16.5. The van der Waals surface area contributed by atoms with E-state index in [0.29, 0.717) is 11.3 Å². The topological polar surface area (TPSA) is 271 Å². The Morgan fingerprint density at radius 1 is 0.721 bits per heavy atom. The van der Waals surface area contributed by atoms with Crippen molar-refractivity contribution in [2.24, 2.45) is 23.3 Å². The summed E-state index contributed by atoms with van der Waals surface area (Å²) in [6.07, 6.45) is 2.21. The number of urea groups is 2. The second-order valence-electron chi connectivity index (χ2n) is 15.7. The molecule has 20 heteroatoms. The molecule has 0 saturated carbocycles. The van der Waals surface area contributed by atoms with E-state index < -0.39 is 64.3 Å². The van der Waals surface area contributed by atoms with Crippen molar-refractivity contribution in [3.63, 3.8) is 0 Å². The first-order valence-corrected chi connectivity index (χ1v) is 21.4. The van der Waals surface area contributed by atoms with E-state index in [1.807, 2.05) is 48.5 Å². The third kappa shape index (κ3) is 8.75. The van der Waals surface area contributed by atoms with E-state index in [4.69, 9.17) is 56.4 Å². The fraction of sp³-hybridized carbons (Fsp3) is 0.271. The van der Waals surface area contributed by atoms with Crippen LogP contribution in [0.2, 0.25) is 10.0 Å². The van der Waals surface area contributed by atoms with Crippen LogP contribution in [0.25, 0.3) is 0 Å². The Bertz CT molecular complexity index is 2780. The standard InChI is InChI=1S/C24H21ClN2O6.C16H15ClO6.C7H6O.CH4N2O/c1-11-9-13-16(19(27-23(30)26-13)12-7-5-4-6-8-12)21(28)24(11)22(29)17-14(31-2)10-15(32-3)18(25)20(17)33-24;1-7-4-8(18)5-11(19)16(7)15(20)12-9(21-2)6-10(22-3)13(17)14(12)23-16;8-6-7-4-2-1-3-5-7;2-1(3)4/h4-8,10-11,19H,9H2,1-3H3,(H2,26,27,30);5-7,19H,4H2,1-3H3;1-6H;(H4,2,3,4)/t11-,19-,24+;7-,16+;;/m11../s1. The summed E-state index contributed by atoms with van der Waals surface area (Å²) >= 11 is 12.7. The minimum atomic E-state index is -1.83. The lowest BCUT2D eigenvalue weighted by Gasteiger charge is -2.42. The molecule has 4 aromatic carbocycles. The molecule has 5 atom stereocenters. The number of Topliss-reactive ketones (excluding diaryl/α,β-unsaturated/α-hetero) is 3. The highest BCUT2D eigenvalue weighted by Crippen LogP contribution is 2.56. The lowest BCUT2D eigenvalue weighted by Crippen LogP contribution is -2.60. The number of nitrogens with one attached hydrogen (secondary N) is 2. The Morgan fingerprint density at radius 3 is 1.63 bits per heavy atom. The first-order valence-electron chi connectivity index (χ1n) is 20.6. The van der Waals surface area contributed by atoms with E-state index in [-0.39, 0.29) is 74.3 Å². The van der Waals surface area contributed by atoms with Crippen LogP contribution in [0.3, 0.4) is 0 Å². The number of aliphatic hydroxyl groups is 1. The second kappa shape index (κ2) is 20.1. The van der Waals surface area contributed by atoms with E-state index in [1.165, 1.54) is 40.6 Å². The SMILES string of the molecule is COc1cc(OC)c2c(c1Cl)O[C@@]1(C(=O)C3=C(C[C@H]1C)NC(=O)N[C@@H]3c1ccccc1)C2=O.COc1cc(OC)c2c(c1Cl)O[C@]1(C2=O)C(O)=CC(=O)C[C@H]1C.NC(N)=O.O=Cc1ccccc1. The smallest absolute Gasteiger partial charge is 0.319 e. The Morgan fingerprint density at radius 2 is 1.18 bits per heavy atom. The molecule has 0 fully saturated rings. The number of rotatable bonds is 6. The minimum Gasteiger partial charge on any atom is -0.507 e. The van der Waals surface area contributed by atoms with Gasteiger partial charge < -0.3 is 55.6 Å². The highest BCUT2D eigenvalue weighted by Gasteiger charge is 2.64. The number of hydrogen-bond acceptors (Lipinski definition) is 14. The van der Waals surface area contributed by atoms with Gasteiger partial charge in [-0.05, 0) is 12.0 Å². The van der Waals surface area contributed by atoms with E-state index in [9.17, 15) is 33.9 Å². The van der Waals surface area contributed by atoms with Crippen LogP contribution < -0.4 is 50.5 Å². The zero-order valence-corrected chi connectivity index (χ0v) is 38.9. The molecule has 18 nitrogen and oxygen atoms in total. The number of allylic oxidation sites excluding steroid dienone is 2. The zero-order valence-electron chi connectivity index (χ0n) is 37.4. The molecule has 4 aromatic rings. The van der Waals surface area contributed by atoms with Crippen LogP contribution in [0.15, 0.2) is 95.9 Å². The summed E-state index contributed by atoms with van der Waals surface area (Å²) in [5, 5.41) is 16.1. The molecular formula is C48H46Cl2N4O14. The third-order valence-corrected chi connectivity index (χ3v) is 12.4. The average molecular weight is 974 g/mol. The maximum absolute atomic E-state index is 14.1. The van der Waals surface area contributed by atoms with Crippen LogP contribution in [0.4, 0.5) is 9.59 Å². The summed E-state index contributed by atoms with van der Waals surface area (Å²) in [5.41, 5.74) is 7.49. The summed E-state index contributed by atoms with van der Waals surface area (Å²) in [6, 6.07) is 19.2. The quantitative estimate of drug-likeness (QED) is 0.0979. The van der Waals surface area contributed by atoms with Gasteiger partial charge >= 0.3 is 12.1 Å². The normalized spacial score (nSPS) is 22.6. The number of primary amides is 2. The van der Waals surface area contributed by atoms with Crippen LogP contribution in [0.5, 0.6) is 34.5 Å². The fourth-order valence-corrected chi connectivity index (χ4v) is 9.06. The number of nitrogens with two attached hydrogens (primary N) is 2. The number of ether oxygens (including phenoxy) is 6. The molecule has 3 heterocycles. The molecule has 2 aliphatic carbocycles. The van der Waals surface area contributed by atoms with E-state index in [2.05, 4.69) is 22.1 Å². The number of carbonyl (C=O) groups is 7. The van der Waals surface area contributed by atoms with Crippen molar-refractivity contribution in [2.45, 2.75) is 43.9 Å². The average Bonchev–Trinajstić information content (AvgIpc) is 3.81. The van der Waals surface area contributed by atoms with Crippen molar-refractivity contribution in [1.29, 1.82) is 0 Å². The highest BCUT2D eigenvalue weighted by atomic mass is 35.5. The number of fused-ring (bicyclic) bond motifs is 2. The largest absolute Gasteiger partial charge is 0.507 e. The molecule has 0 bridgehead atoms. The zero-order chi connectivity index (χ0) is 49.8. The molecule has 3 aliphatic heterocycles. The van der Waals surface area contributed by atoms with Crippen LogP contribution >= 0.6 is 23.2 Å². The number of aldehydes is 1. The number of benzene rings is 4. The summed E-state index contributed by atoms with van der Waals surface area (Å²) in [4.78, 5) is 84.0. The number of hydrogen-bond donors (Lipinski definition) is 5. The Labute approximate surface area is 399 Å². The maximum Gasteiger partial charge on any atom is 0.319 e. The summed E-state index contributed by atoms with van der Waals surface area (Å²) < 4.78 is 33.1. The van der Waals surface area contributed by atoms with Crippen molar-refractivity contribution in [2.75, 3.05) is 28.4 Å². The Kier molecular flexibility index (Phi) is 14.7. The van der Waals surface area contributed by atoms with Crippen molar-refractivity contribution >= 4 is 64.7 Å². The Balaban J connectivity index is 0.000000187. The van der Waals surface area contributed by atoms with E-state index in [1.54, 1.807) is 26.0 Å². The molecule has 5 aliphatic rings. The Hall–Kier alpha value is -7.57. The van der Waals surface area contributed by atoms with Crippen LogP contribution in [0, 0.1) is 11.8 Å². The van der Waals surface area contributed by atoms with Gasteiger partial charge in [0.25, 0.3) is 0 Å². The highest BCUT2D eigenvalue weighted by molar-refractivity contribution is 6.37. The molecule has 7 N–H and O–H groups in total. The molecule has 356 valence electrons. The van der Waals surface area contributed by atoms with Gasteiger partial charge in [-0.15, -0.1) is 0 Å². The maximum atomic E-state index is 14.1. The predicted octanol–water partition coefficient (Wildman–Crippen LogP) is 6.83. The van der Waals surface area contributed by atoms with Gasteiger partial charge in [0.15, 0.2) is 17.3 Å². The lowest BCUT2D eigenvalue weighted by molar-refractivity contribution is -0.131. The third-order valence-electron chi connectivity index (χ3n) is 11.7. The molecule has 4 amide bonds. The first kappa shape index (κ1) is 49.9. The lowest BCUT2D eigenvalue weighted by atomic mass is 9.68. The molecule has 2 spiro atoms. The van der Waals surface area contributed by atoms with Crippen LogP contribution in [-0.4, -0.2) is 86.2 Å². The van der Waals surface area contributed by atoms with Gasteiger partial charge in [-0.1, -0.05) is 97.7 Å². The van der Waals surface area contributed by atoms with Crippen LogP contribution in [-0.2, 0) is 9.59 Å². The molecule has 68 heavy (non-hydrogen) atoms. The fourth-order valence-electron chi connectivity index (χ4n) is 8.53. The predicted molar refractivity (Wildman–Crippen MR) is 246 cm³/mol. The summed E-state index contributed by atoms with van der Waals surface area (Å²) in [7, 11) is 5.69. The number of methoxy groups -OCH3 is 4. The van der Waals surface area contributed by atoms with Gasteiger partial charge in [-0.3, -0.25) is 24.0 Å². The summed E-state index contributed by atoms with van der Waals surface area (Å²) in [6.45, 7) is 3.41. The molecule has 0 saturated heterocycles. The van der Waals surface area contributed by atoms with Gasteiger partial charge in [0.2, 0.25) is 28.6 Å². The van der Waals surface area contributed by atoms with Gasteiger partial charge in [-0.2, -0.15) is 0 Å². The van der Waals surface area contributed by atoms with Crippen molar-refractivity contribution < 1.29 is 67.1 Å². The number of halogens is 2. The van der Waals surface area contributed by atoms with Gasteiger partial charge in [0.05, 0.1) is 34.5 Å². The number of aliphatic hydroxyl groups excluding tert-OH is 1. The number of carbonyl (C=O) groups excluding carboxylic acids is 7. The monoisotopic (exact) mass is 972 g/mol. The van der Waals surface area contributed by atoms with Crippen molar-refractivity contribution in [3.8, 4) is 34.5 Å². The number of amides is 4.